The van der Waals surface area contributed by atoms with Gasteiger partial charge in [0.1, 0.15) is 0 Å². The van der Waals surface area contributed by atoms with Gasteiger partial charge in [0, 0.05) is 24.2 Å². The molecule has 8 nitrogen and oxygen atoms in total. The molecule has 1 aliphatic rings. The van der Waals surface area contributed by atoms with Crippen LogP contribution in [0.3, 0.4) is 0 Å². The zero-order chi connectivity index (χ0) is 33.2. The Hall–Kier alpha value is -2.49. The minimum atomic E-state index is -3.32. The quantitative estimate of drug-likeness (QED) is 0.0714. The maximum absolute atomic E-state index is 13.0. The number of sulfonamides is 1. The predicted molar refractivity (Wildman–Crippen MR) is 202 cm³/mol. The number of halogens is 1. The molecule has 0 aromatic heterocycles. The molecule has 0 spiro atoms. The Balaban J connectivity index is 0.0000106. The van der Waals surface area contributed by atoms with Gasteiger partial charge in [0.05, 0.1) is 35.1 Å². The number of Topliss-reactive ketones (excluding diaryl/α,β-unsaturated/α-hetero) is 1. The van der Waals surface area contributed by atoms with Gasteiger partial charge in [-0.2, -0.15) is 4.72 Å². The fraction of sp³-hybridized carbons (Fsp3) is 0.649. The molecule has 0 aliphatic heterocycles. The Kier molecular flexibility index (Phi) is 22.5. The molecule has 0 saturated carbocycles. The van der Waals surface area contributed by atoms with Crippen molar-refractivity contribution in [2.75, 3.05) is 24.4 Å². The van der Waals surface area contributed by atoms with Crippen LogP contribution in [-0.4, -0.2) is 45.3 Å². The number of benzene rings is 1. The molecule has 0 fully saturated rings. The summed E-state index contributed by atoms with van der Waals surface area (Å²) in [7, 11) is -3.32. The fourth-order valence-electron chi connectivity index (χ4n) is 5.42. The number of nitrogens with zero attached hydrogens (tertiary/aromatic N) is 2. The number of allylic oxidation sites excluding steroid dienone is 3. The minimum absolute atomic E-state index is 0. The lowest BCUT2D eigenvalue weighted by Crippen LogP contribution is -2.37. The maximum atomic E-state index is 13.0. The van der Waals surface area contributed by atoms with Gasteiger partial charge < -0.3 is 10.2 Å². The lowest BCUT2D eigenvalue weighted by atomic mass is 9.96. The number of hydrogen-bond acceptors (Lipinski definition) is 6. The normalized spacial score (nSPS) is 14.0. The van der Waals surface area contributed by atoms with Crippen LogP contribution in [0.15, 0.2) is 45.6 Å². The summed E-state index contributed by atoms with van der Waals surface area (Å²) in [6.07, 6.45) is 19.7. The van der Waals surface area contributed by atoms with Crippen LogP contribution in [0.2, 0.25) is 0 Å². The number of anilines is 1. The van der Waals surface area contributed by atoms with Gasteiger partial charge in [0.2, 0.25) is 21.7 Å². The molecule has 1 aromatic carbocycles. The van der Waals surface area contributed by atoms with E-state index in [0.717, 1.165) is 36.8 Å². The summed E-state index contributed by atoms with van der Waals surface area (Å²) in [6.45, 7) is 8.82. The number of amides is 1. The average Bonchev–Trinajstić information content (AvgIpc) is 2.99. The first-order chi connectivity index (χ1) is 21.5. The van der Waals surface area contributed by atoms with Gasteiger partial charge in [-0.05, 0) is 56.5 Å². The first-order valence-electron chi connectivity index (χ1n) is 16.8. The van der Waals surface area contributed by atoms with Crippen molar-refractivity contribution < 1.29 is 18.0 Å². The van der Waals surface area contributed by atoms with Gasteiger partial charge in [0.25, 0.3) is 0 Å². The molecule has 1 amide bonds. The van der Waals surface area contributed by atoms with E-state index in [9.17, 15) is 18.0 Å². The average molecular weight is 695 g/mol. The fourth-order valence-corrected chi connectivity index (χ4v) is 6.01. The number of aliphatic imine (C=N–C) groups is 1. The van der Waals surface area contributed by atoms with Crippen LogP contribution in [0, 0.1) is 6.92 Å². The second kappa shape index (κ2) is 23.8. The zero-order valence-electron chi connectivity index (χ0n) is 28.1. The van der Waals surface area contributed by atoms with Crippen molar-refractivity contribution in [1.29, 1.82) is 0 Å². The Morgan fingerprint density at radius 1 is 0.894 bits per heavy atom. The number of unbranched alkanes of at least 4 members (excludes halogenated alkanes) is 12. The van der Waals surface area contributed by atoms with Crippen LogP contribution in [0.1, 0.15) is 138 Å². The SMILES string of the molecule is C.C.CCCCCCCCCCCCCCCC(=O)NC1=C(CC)C(=Nc2ccc(N(CC)CNS(C)(=O)=O)cc2C)C=C(Cl)C1=O. The second-order valence-electron chi connectivity index (χ2n) is 12.0. The third-order valence-electron chi connectivity index (χ3n) is 8.13. The van der Waals surface area contributed by atoms with Crippen LogP contribution in [0.5, 0.6) is 0 Å². The summed E-state index contributed by atoms with van der Waals surface area (Å²) in [4.78, 5) is 32.6. The zero-order valence-corrected chi connectivity index (χ0v) is 29.7. The van der Waals surface area contributed by atoms with Crippen LogP contribution in [0.4, 0.5) is 11.4 Å². The van der Waals surface area contributed by atoms with Crippen LogP contribution in [-0.2, 0) is 19.6 Å². The topological polar surface area (TPSA) is 108 Å². The summed E-state index contributed by atoms with van der Waals surface area (Å²) in [5.74, 6) is -0.573. The highest BCUT2D eigenvalue weighted by Gasteiger charge is 2.27. The summed E-state index contributed by atoms with van der Waals surface area (Å²) in [5.41, 5.74) is 3.83. The Labute approximate surface area is 292 Å². The number of aryl methyl sites for hydroxylation is 1. The van der Waals surface area contributed by atoms with E-state index in [1.54, 1.807) is 6.08 Å². The summed E-state index contributed by atoms with van der Waals surface area (Å²) in [6, 6.07) is 5.69. The highest BCUT2D eigenvalue weighted by molar-refractivity contribution is 7.88. The van der Waals surface area contributed by atoms with Crippen molar-refractivity contribution in [3.8, 4) is 0 Å². The molecular formula is C37H63ClN4O4S. The van der Waals surface area contributed by atoms with Gasteiger partial charge in [-0.1, -0.05) is 117 Å². The van der Waals surface area contributed by atoms with Gasteiger partial charge >= 0.3 is 0 Å². The van der Waals surface area contributed by atoms with Crippen molar-refractivity contribution in [2.45, 2.75) is 139 Å². The molecule has 0 atom stereocenters. The molecule has 0 unspecified atom stereocenters. The third-order valence-corrected chi connectivity index (χ3v) is 9.06. The molecule has 268 valence electrons. The van der Waals surface area contributed by atoms with Gasteiger partial charge in [0.15, 0.2) is 0 Å². The molecule has 0 radical (unpaired) electrons. The van der Waals surface area contributed by atoms with E-state index in [4.69, 9.17) is 16.6 Å². The smallest absolute Gasteiger partial charge is 0.224 e. The van der Waals surface area contributed by atoms with Crippen molar-refractivity contribution in [2.24, 2.45) is 4.99 Å². The molecule has 2 N–H and O–H groups in total. The number of nitrogens with one attached hydrogen (secondary N) is 2. The molecule has 2 rings (SSSR count). The van der Waals surface area contributed by atoms with E-state index < -0.39 is 15.8 Å². The first kappa shape index (κ1) is 44.5. The van der Waals surface area contributed by atoms with E-state index in [-0.39, 0.29) is 38.2 Å². The number of hydrogen-bond donors (Lipinski definition) is 2. The van der Waals surface area contributed by atoms with E-state index in [2.05, 4.69) is 17.0 Å². The molecule has 0 heterocycles. The standard InChI is InChI=1S/C35H55ClN4O4S.2CH4/c1-6-9-10-11-12-13-14-15-16-17-18-19-20-21-33(41)39-34-29(7-2)32(25-30(36)35(34)42)38-31-23-22-28(24-27(31)4)40(8-3)26-37-45(5,43)44;;/h22-25,37H,6-21,26H2,1-5H3,(H,39,41);2*1H4. The first-order valence-corrected chi connectivity index (χ1v) is 19.1. The molecule has 0 bridgehead atoms. The number of carbonyl (C=O) groups excluding carboxylic acids is 2. The van der Waals surface area contributed by atoms with Crippen molar-refractivity contribution in [3.05, 3.63) is 46.1 Å². The predicted octanol–water partition coefficient (Wildman–Crippen LogP) is 9.64. The Morgan fingerprint density at radius 2 is 1.45 bits per heavy atom. The van der Waals surface area contributed by atoms with Gasteiger partial charge in [-0.3, -0.25) is 9.59 Å². The molecule has 0 saturated heterocycles. The molecular weight excluding hydrogens is 632 g/mol. The van der Waals surface area contributed by atoms with E-state index in [1.807, 2.05) is 43.9 Å². The number of carbonyl (C=O) groups is 2. The van der Waals surface area contributed by atoms with Crippen LogP contribution >= 0.6 is 11.6 Å². The maximum Gasteiger partial charge on any atom is 0.224 e. The van der Waals surface area contributed by atoms with E-state index in [1.165, 1.54) is 64.2 Å². The molecule has 10 heteroatoms. The third kappa shape index (κ3) is 16.4. The van der Waals surface area contributed by atoms with Crippen molar-refractivity contribution in [1.82, 2.24) is 10.0 Å². The highest BCUT2D eigenvalue weighted by atomic mass is 35.5. The number of rotatable bonds is 22. The second-order valence-corrected chi connectivity index (χ2v) is 14.2. The monoisotopic (exact) mass is 694 g/mol. The molecule has 1 aliphatic carbocycles. The summed E-state index contributed by atoms with van der Waals surface area (Å²) in [5, 5.41) is 2.87. The van der Waals surface area contributed by atoms with E-state index >= 15 is 0 Å². The lowest BCUT2D eigenvalue weighted by Gasteiger charge is -2.24. The van der Waals surface area contributed by atoms with Crippen LogP contribution in [0.25, 0.3) is 0 Å². The van der Waals surface area contributed by atoms with Crippen molar-refractivity contribution >= 4 is 50.4 Å². The molecule has 1 aromatic rings. The van der Waals surface area contributed by atoms with Crippen molar-refractivity contribution in [3.63, 3.8) is 0 Å². The molecule has 47 heavy (non-hydrogen) atoms. The number of ketones is 1. The van der Waals surface area contributed by atoms with Crippen LogP contribution < -0.4 is 14.9 Å². The van der Waals surface area contributed by atoms with Gasteiger partial charge in [-0.25, -0.2) is 13.4 Å². The summed E-state index contributed by atoms with van der Waals surface area (Å²) >= 11 is 6.34. The Morgan fingerprint density at radius 3 is 1.94 bits per heavy atom. The van der Waals surface area contributed by atoms with E-state index in [0.29, 0.717) is 36.4 Å². The largest absolute Gasteiger partial charge is 0.358 e. The van der Waals surface area contributed by atoms with Gasteiger partial charge in [-0.15, -0.1) is 0 Å². The summed E-state index contributed by atoms with van der Waals surface area (Å²) < 4.78 is 25.6. The Bertz CT molecular complexity index is 1320. The lowest BCUT2D eigenvalue weighted by molar-refractivity contribution is -0.122. The highest BCUT2D eigenvalue weighted by Crippen LogP contribution is 2.29. The minimum Gasteiger partial charge on any atom is -0.358 e.